The zero-order valence-electron chi connectivity index (χ0n) is 17.8. The zero-order valence-corrected chi connectivity index (χ0v) is 18.6. The highest BCUT2D eigenvalue weighted by molar-refractivity contribution is 7.80. The number of para-hydroxylation sites is 1. The molecule has 2 N–H and O–H groups in total. The Kier molecular flexibility index (Phi) is 7.17. The van der Waals surface area contributed by atoms with Crippen LogP contribution >= 0.6 is 12.2 Å². The van der Waals surface area contributed by atoms with Crippen LogP contribution < -0.4 is 10.6 Å². The Morgan fingerprint density at radius 3 is 2.68 bits per heavy atom. The summed E-state index contributed by atoms with van der Waals surface area (Å²) in [5.74, 6) is 0. The van der Waals surface area contributed by atoms with Crippen molar-refractivity contribution in [3.05, 3.63) is 84.4 Å². The number of methoxy groups -OCH3 is 1. The zero-order chi connectivity index (χ0) is 21.5. The Morgan fingerprint density at radius 2 is 1.90 bits per heavy atom. The van der Waals surface area contributed by atoms with Crippen LogP contribution in [0.5, 0.6) is 0 Å². The van der Waals surface area contributed by atoms with Crippen LogP contribution in [-0.4, -0.2) is 46.4 Å². The molecule has 3 aromatic rings. The van der Waals surface area contributed by atoms with E-state index in [2.05, 4.69) is 61.6 Å². The van der Waals surface area contributed by atoms with Gasteiger partial charge in [-0.05, 0) is 55.0 Å². The Balaban J connectivity index is 1.52. The third-order valence-corrected chi connectivity index (χ3v) is 5.93. The van der Waals surface area contributed by atoms with Crippen molar-refractivity contribution < 1.29 is 4.74 Å². The van der Waals surface area contributed by atoms with Crippen molar-refractivity contribution in [3.8, 4) is 0 Å². The average molecular weight is 436 g/mol. The number of anilines is 1. The van der Waals surface area contributed by atoms with E-state index in [0.29, 0.717) is 6.61 Å². The minimum Gasteiger partial charge on any atom is -0.385 e. The van der Waals surface area contributed by atoms with Crippen molar-refractivity contribution in [1.82, 2.24) is 19.8 Å². The van der Waals surface area contributed by atoms with Crippen LogP contribution in [0.1, 0.15) is 29.9 Å². The summed E-state index contributed by atoms with van der Waals surface area (Å²) in [6, 6.07) is 20.7. The van der Waals surface area contributed by atoms with Gasteiger partial charge in [-0.3, -0.25) is 4.98 Å². The van der Waals surface area contributed by atoms with Crippen LogP contribution in [0.15, 0.2) is 73.1 Å². The lowest BCUT2D eigenvalue weighted by Gasteiger charge is -2.29. The number of pyridine rings is 1. The van der Waals surface area contributed by atoms with Gasteiger partial charge in [-0.1, -0.05) is 24.3 Å². The summed E-state index contributed by atoms with van der Waals surface area (Å²) in [4.78, 5) is 6.93. The molecule has 0 amide bonds. The molecule has 0 aliphatic carbocycles. The molecule has 2 atom stereocenters. The van der Waals surface area contributed by atoms with Crippen molar-refractivity contribution >= 4 is 23.0 Å². The fourth-order valence-electron chi connectivity index (χ4n) is 4.10. The molecule has 0 radical (unpaired) electrons. The second-order valence-corrected chi connectivity index (χ2v) is 7.97. The van der Waals surface area contributed by atoms with E-state index in [1.165, 1.54) is 5.69 Å². The number of hydrogen-bond acceptors (Lipinski definition) is 4. The van der Waals surface area contributed by atoms with E-state index in [-0.39, 0.29) is 12.1 Å². The minimum absolute atomic E-state index is 0.00646. The Labute approximate surface area is 189 Å². The highest BCUT2D eigenvalue weighted by atomic mass is 32.1. The number of thiocarbonyl (C=S) groups is 1. The molecular weight excluding hydrogens is 406 g/mol. The summed E-state index contributed by atoms with van der Waals surface area (Å²) in [5, 5.41) is 7.80. The molecule has 162 valence electrons. The third-order valence-electron chi connectivity index (χ3n) is 5.58. The third kappa shape index (κ3) is 5.06. The van der Waals surface area contributed by atoms with Crippen molar-refractivity contribution in [2.75, 3.05) is 32.1 Å². The van der Waals surface area contributed by atoms with Gasteiger partial charge in [0.1, 0.15) is 0 Å². The summed E-state index contributed by atoms with van der Waals surface area (Å²) in [6.45, 7) is 3.21. The molecule has 1 saturated heterocycles. The lowest BCUT2D eigenvalue weighted by molar-refractivity contribution is 0.184. The predicted molar refractivity (Wildman–Crippen MR) is 128 cm³/mol. The van der Waals surface area contributed by atoms with Crippen molar-refractivity contribution in [3.63, 3.8) is 0 Å². The molecule has 0 saturated carbocycles. The van der Waals surface area contributed by atoms with E-state index in [1.54, 1.807) is 7.11 Å². The largest absolute Gasteiger partial charge is 0.385 e. The quantitative estimate of drug-likeness (QED) is 0.371. The Hall–Kier alpha value is -2.90. The van der Waals surface area contributed by atoms with E-state index < -0.39 is 0 Å². The van der Waals surface area contributed by atoms with Gasteiger partial charge in [-0.25, -0.2) is 0 Å². The standard InChI is InChI=1S/C24H29N5OS/c1-30-18-17-28-15-7-12-21(28)23-22(20-11-5-6-13-26-20)27-24(31)29(23)16-8-14-25-19-9-3-2-4-10-19/h2-7,9-13,15,22-23,25H,8,14,16-18H2,1H3,(H,27,31)/t22-,23+/m0/s1. The van der Waals surface area contributed by atoms with E-state index >= 15 is 0 Å². The maximum Gasteiger partial charge on any atom is 0.170 e. The SMILES string of the molecule is COCCn1cccc1[C@@H]1[C@H](c2ccccn2)NC(=S)N1CCCNc1ccccc1. The van der Waals surface area contributed by atoms with Gasteiger partial charge < -0.3 is 24.8 Å². The van der Waals surface area contributed by atoms with Crippen molar-refractivity contribution in [2.45, 2.75) is 25.0 Å². The molecule has 31 heavy (non-hydrogen) atoms. The second-order valence-electron chi connectivity index (χ2n) is 7.59. The fourth-order valence-corrected chi connectivity index (χ4v) is 4.43. The topological polar surface area (TPSA) is 54.4 Å². The number of benzene rings is 1. The highest BCUT2D eigenvalue weighted by Gasteiger charge is 2.40. The molecular formula is C24H29N5OS. The average Bonchev–Trinajstić information content (AvgIpc) is 3.40. The molecule has 7 heteroatoms. The molecule has 1 aliphatic heterocycles. The van der Waals surface area contributed by atoms with Crippen LogP contribution in [0.4, 0.5) is 5.69 Å². The van der Waals surface area contributed by atoms with Gasteiger partial charge >= 0.3 is 0 Å². The van der Waals surface area contributed by atoms with Gasteiger partial charge in [0.2, 0.25) is 0 Å². The van der Waals surface area contributed by atoms with E-state index in [4.69, 9.17) is 17.0 Å². The van der Waals surface area contributed by atoms with Crippen molar-refractivity contribution in [1.29, 1.82) is 0 Å². The summed E-state index contributed by atoms with van der Waals surface area (Å²) >= 11 is 5.78. The van der Waals surface area contributed by atoms with Gasteiger partial charge in [-0.2, -0.15) is 0 Å². The smallest absolute Gasteiger partial charge is 0.170 e. The Morgan fingerprint density at radius 1 is 1.06 bits per heavy atom. The summed E-state index contributed by atoms with van der Waals surface area (Å²) in [7, 11) is 1.73. The summed E-state index contributed by atoms with van der Waals surface area (Å²) in [5.41, 5.74) is 3.36. The molecule has 3 heterocycles. The van der Waals surface area contributed by atoms with Gasteiger partial charge in [0.25, 0.3) is 0 Å². The number of nitrogens with one attached hydrogen (secondary N) is 2. The lowest BCUT2D eigenvalue weighted by Crippen LogP contribution is -2.32. The second kappa shape index (κ2) is 10.4. The molecule has 1 aromatic carbocycles. The minimum atomic E-state index is 0.00646. The normalized spacial score (nSPS) is 18.2. The summed E-state index contributed by atoms with van der Waals surface area (Å²) < 4.78 is 7.58. The summed E-state index contributed by atoms with van der Waals surface area (Å²) in [6.07, 6.45) is 4.93. The molecule has 0 unspecified atom stereocenters. The molecule has 2 aromatic heterocycles. The number of aromatic nitrogens is 2. The molecule has 0 spiro atoms. The first kappa shape index (κ1) is 21.3. The van der Waals surface area contributed by atoms with Gasteiger partial charge in [0.05, 0.1) is 24.4 Å². The van der Waals surface area contributed by atoms with Gasteiger partial charge in [0.15, 0.2) is 5.11 Å². The predicted octanol–water partition coefficient (Wildman–Crippen LogP) is 4.00. The monoisotopic (exact) mass is 435 g/mol. The molecule has 4 rings (SSSR count). The first-order chi connectivity index (χ1) is 15.3. The van der Waals surface area contributed by atoms with Gasteiger partial charge in [0, 0.05) is 50.5 Å². The van der Waals surface area contributed by atoms with E-state index in [0.717, 1.165) is 42.5 Å². The van der Waals surface area contributed by atoms with Crippen LogP contribution in [0, 0.1) is 0 Å². The number of hydrogen-bond donors (Lipinski definition) is 2. The molecule has 1 aliphatic rings. The van der Waals surface area contributed by atoms with E-state index in [9.17, 15) is 0 Å². The molecule has 0 bridgehead atoms. The maximum atomic E-state index is 5.78. The van der Waals surface area contributed by atoms with Crippen molar-refractivity contribution in [2.24, 2.45) is 0 Å². The maximum absolute atomic E-state index is 5.78. The number of rotatable bonds is 10. The first-order valence-electron chi connectivity index (χ1n) is 10.7. The molecule has 6 nitrogen and oxygen atoms in total. The van der Waals surface area contributed by atoms with Gasteiger partial charge in [-0.15, -0.1) is 0 Å². The molecule has 1 fully saturated rings. The lowest BCUT2D eigenvalue weighted by atomic mass is 10.0. The van der Waals surface area contributed by atoms with Crippen LogP contribution in [0.25, 0.3) is 0 Å². The first-order valence-corrected chi connectivity index (χ1v) is 11.1. The Bertz CT molecular complexity index is 962. The number of ether oxygens (including phenoxy) is 1. The fraction of sp³-hybridized carbons (Fsp3) is 0.333. The van der Waals surface area contributed by atoms with Crippen LogP contribution in [0.3, 0.4) is 0 Å². The van der Waals surface area contributed by atoms with E-state index in [1.807, 2.05) is 36.5 Å². The van der Waals surface area contributed by atoms with Crippen LogP contribution in [-0.2, 0) is 11.3 Å². The highest BCUT2D eigenvalue weighted by Crippen LogP contribution is 2.38. The van der Waals surface area contributed by atoms with Crippen LogP contribution in [0.2, 0.25) is 0 Å². The number of nitrogens with zero attached hydrogens (tertiary/aromatic N) is 3.